The van der Waals surface area contributed by atoms with Crippen molar-refractivity contribution in [2.24, 2.45) is 0 Å². The zero-order valence-corrected chi connectivity index (χ0v) is 19.4. The minimum atomic E-state index is -0.220. The first-order valence-electron chi connectivity index (χ1n) is 11.0. The predicted octanol–water partition coefficient (Wildman–Crippen LogP) is 2.35. The number of carbonyl (C=O) groups excluding carboxylic acids is 1. The van der Waals surface area contributed by atoms with Crippen molar-refractivity contribution < 1.29 is 4.79 Å². The Bertz CT molecular complexity index is 1030. The van der Waals surface area contributed by atoms with Crippen LogP contribution in [0.15, 0.2) is 28.0 Å². The Morgan fingerprint density at radius 1 is 1.13 bits per heavy atom. The number of aromatic nitrogens is 2. The number of fused-ring (bicyclic) bond motifs is 1. The molecule has 1 amide bonds. The molecule has 0 radical (unpaired) electrons. The summed E-state index contributed by atoms with van der Waals surface area (Å²) in [6, 6.07) is 6.02. The van der Waals surface area contributed by atoms with Crippen molar-refractivity contribution in [1.29, 1.82) is 0 Å². The van der Waals surface area contributed by atoms with Crippen LogP contribution in [0.2, 0.25) is 0 Å². The van der Waals surface area contributed by atoms with Gasteiger partial charge in [0.15, 0.2) is 0 Å². The highest BCUT2D eigenvalue weighted by Gasteiger charge is 2.25. The summed E-state index contributed by atoms with van der Waals surface area (Å²) in [6.07, 6.45) is 3.98. The molecule has 7 nitrogen and oxygen atoms in total. The SMILES string of the molecule is Cc1ccc(C)c(NC(=O)CSc2nc(=O)n(N3CCN(C)CC3)c3c2CCCC3)c1. The molecule has 0 saturated carbocycles. The number of thioether (sulfide) groups is 1. The molecule has 1 saturated heterocycles. The highest BCUT2D eigenvalue weighted by Crippen LogP contribution is 2.29. The fourth-order valence-corrected chi connectivity index (χ4v) is 5.15. The third-order valence-electron chi connectivity index (χ3n) is 6.10. The van der Waals surface area contributed by atoms with Crippen LogP contribution in [0.5, 0.6) is 0 Å². The zero-order valence-electron chi connectivity index (χ0n) is 18.6. The molecule has 0 bridgehead atoms. The lowest BCUT2D eigenvalue weighted by atomic mass is 9.97. The largest absolute Gasteiger partial charge is 0.367 e. The number of hydrogen-bond acceptors (Lipinski definition) is 6. The summed E-state index contributed by atoms with van der Waals surface area (Å²) in [5.74, 6) is 0.165. The van der Waals surface area contributed by atoms with Gasteiger partial charge in [-0.05, 0) is 63.8 Å². The van der Waals surface area contributed by atoms with Crippen LogP contribution in [0, 0.1) is 13.8 Å². The van der Waals surface area contributed by atoms with Crippen LogP contribution < -0.4 is 16.0 Å². The third-order valence-corrected chi connectivity index (χ3v) is 7.12. The van der Waals surface area contributed by atoms with Gasteiger partial charge in [-0.15, -0.1) is 0 Å². The molecule has 1 aliphatic heterocycles. The zero-order chi connectivity index (χ0) is 22.0. The predicted molar refractivity (Wildman–Crippen MR) is 126 cm³/mol. The molecule has 166 valence electrons. The summed E-state index contributed by atoms with van der Waals surface area (Å²) in [5, 5.41) is 5.86. The molecule has 0 spiro atoms. The Hall–Kier alpha value is -2.32. The fraction of sp³-hybridized carbons (Fsp3) is 0.522. The maximum atomic E-state index is 13.0. The van der Waals surface area contributed by atoms with E-state index in [0.29, 0.717) is 0 Å². The Labute approximate surface area is 187 Å². The number of nitrogens with one attached hydrogen (secondary N) is 1. The quantitative estimate of drug-likeness (QED) is 0.567. The number of anilines is 1. The Morgan fingerprint density at radius 2 is 1.87 bits per heavy atom. The molecule has 1 aromatic carbocycles. The number of aryl methyl sites for hydroxylation is 2. The highest BCUT2D eigenvalue weighted by atomic mass is 32.2. The minimum Gasteiger partial charge on any atom is -0.325 e. The second-order valence-corrected chi connectivity index (χ2v) is 9.52. The minimum absolute atomic E-state index is 0.0756. The van der Waals surface area contributed by atoms with E-state index in [2.05, 4.69) is 27.3 Å². The number of rotatable bonds is 5. The summed E-state index contributed by atoms with van der Waals surface area (Å²) in [6.45, 7) is 7.53. The summed E-state index contributed by atoms with van der Waals surface area (Å²) in [4.78, 5) is 32.3. The highest BCUT2D eigenvalue weighted by molar-refractivity contribution is 8.00. The molecule has 1 N–H and O–H groups in total. The fourth-order valence-electron chi connectivity index (χ4n) is 4.27. The Balaban J connectivity index is 1.52. The maximum absolute atomic E-state index is 13.0. The average Bonchev–Trinajstić information content (AvgIpc) is 2.75. The van der Waals surface area contributed by atoms with E-state index in [9.17, 15) is 9.59 Å². The van der Waals surface area contributed by atoms with Crippen molar-refractivity contribution in [2.75, 3.05) is 49.3 Å². The van der Waals surface area contributed by atoms with Gasteiger partial charge in [-0.25, -0.2) is 9.47 Å². The summed E-state index contributed by atoms with van der Waals surface area (Å²) < 4.78 is 1.82. The van der Waals surface area contributed by atoms with E-state index in [1.54, 1.807) is 0 Å². The van der Waals surface area contributed by atoms with E-state index < -0.39 is 0 Å². The lowest BCUT2D eigenvalue weighted by Gasteiger charge is -2.37. The topological polar surface area (TPSA) is 70.5 Å². The number of piperazine rings is 1. The van der Waals surface area contributed by atoms with Crippen molar-refractivity contribution >= 4 is 23.4 Å². The van der Waals surface area contributed by atoms with Gasteiger partial charge in [0.1, 0.15) is 5.03 Å². The first-order valence-corrected chi connectivity index (χ1v) is 12.0. The van der Waals surface area contributed by atoms with Gasteiger partial charge < -0.3 is 15.2 Å². The van der Waals surface area contributed by atoms with Gasteiger partial charge in [0.05, 0.1) is 11.4 Å². The molecule has 0 unspecified atom stereocenters. The van der Waals surface area contributed by atoms with Crippen molar-refractivity contribution in [2.45, 2.75) is 44.6 Å². The van der Waals surface area contributed by atoms with Crippen LogP contribution in [-0.4, -0.2) is 59.4 Å². The molecule has 0 atom stereocenters. The Kier molecular flexibility index (Phi) is 6.67. The molecule has 8 heteroatoms. The number of benzene rings is 1. The molecule has 1 aromatic heterocycles. The molecular formula is C23H31N5O2S. The number of nitrogens with zero attached hydrogens (tertiary/aromatic N) is 4. The van der Waals surface area contributed by atoms with E-state index in [0.717, 1.165) is 85.0 Å². The summed E-state index contributed by atoms with van der Waals surface area (Å²) in [7, 11) is 2.11. The van der Waals surface area contributed by atoms with E-state index >= 15 is 0 Å². The van der Waals surface area contributed by atoms with Crippen LogP contribution in [0.1, 0.15) is 35.2 Å². The van der Waals surface area contributed by atoms with Crippen LogP contribution in [0.3, 0.4) is 0 Å². The standard InChI is InChI=1S/C23H31N5O2S/c1-16-8-9-17(2)19(14-16)24-21(29)15-31-22-18-6-4-5-7-20(18)28(23(30)25-22)27-12-10-26(3)11-13-27/h8-9,14H,4-7,10-13,15H2,1-3H3,(H,24,29). The van der Waals surface area contributed by atoms with Crippen LogP contribution in [0.4, 0.5) is 5.69 Å². The molecule has 1 aliphatic carbocycles. The maximum Gasteiger partial charge on any atom is 0.367 e. The molecule has 1 fully saturated rings. The third kappa shape index (κ3) is 4.96. The molecule has 31 heavy (non-hydrogen) atoms. The van der Waals surface area contributed by atoms with Gasteiger partial charge in [-0.2, -0.15) is 4.98 Å². The normalized spacial score (nSPS) is 16.8. The van der Waals surface area contributed by atoms with Crippen LogP contribution in [0.25, 0.3) is 0 Å². The van der Waals surface area contributed by atoms with Gasteiger partial charge in [0.2, 0.25) is 5.91 Å². The summed E-state index contributed by atoms with van der Waals surface area (Å²) >= 11 is 1.38. The molecule has 2 aliphatic rings. The van der Waals surface area contributed by atoms with Crippen LogP contribution in [-0.2, 0) is 17.6 Å². The van der Waals surface area contributed by atoms with E-state index in [1.165, 1.54) is 11.8 Å². The second-order valence-electron chi connectivity index (χ2n) is 8.56. The van der Waals surface area contributed by atoms with Gasteiger partial charge in [-0.1, -0.05) is 23.9 Å². The van der Waals surface area contributed by atoms with E-state index in [4.69, 9.17) is 0 Å². The van der Waals surface area contributed by atoms with E-state index in [-0.39, 0.29) is 17.3 Å². The first-order chi connectivity index (χ1) is 14.9. The lowest BCUT2D eigenvalue weighted by molar-refractivity contribution is -0.113. The number of amides is 1. The smallest absolute Gasteiger partial charge is 0.325 e. The summed E-state index contributed by atoms with van der Waals surface area (Å²) in [5.41, 5.74) is 5.00. The monoisotopic (exact) mass is 441 g/mol. The first kappa shape index (κ1) is 21.9. The number of carbonyl (C=O) groups is 1. The Morgan fingerprint density at radius 3 is 2.65 bits per heavy atom. The lowest BCUT2D eigenvalue weighted by Crippen LogP contribution is -2.54. The van der Waals surface area contributed by atoms with Crippen molar-refractivity contribution in [3.63, 3.8) is 0 Å². The van der Waals surface area contributed by atoms with E-state index in [1.807, 2.05) is 36.7 Å². The number of hydrogen-bond donors (Lipinski definition) is 1. The van der Waals surface area contributed by atoms with Crippen LogP contribution >= 0.6 is 11.8 Å². The van der Waals surface area contributed by atoms with Gasteiger partial charge in [0, 0.05) is 37.4 Å². The molecule has 4 rings (SSSR count). The second kappa shape index (κ2) is 9.44. The molecule has 2 heterocycles. The van der Waals surface area contributed by atoms with Gasteiger partial charge >= 0.3 is 5.69 Å². The van der Waals surface area contributed by atoms with Crippen molar-refractivity contribution in [3.05, 3.63) is 51.1 Å². The van der Waals surface area contributed by atoms with Gasteiger partial charge in [-0.3, -0.25) is 4.79 Å². The average molecular weight is 442 g/mol. The molecule has 2 aromatic rings. The molecular weight excluding hydrogens is 410 g/mol. The number of likely N-dealkylation sites (N-methyl/N-ethyl adjacent to an activating group) is 1. The van der Waals surface area contributed by atoms with Gasteiger partial charge in [0.25, 0.3) is 0 Å². The van der Waals surface area contributed by atoms with Crippen molar-refractivity contribution in [3.8, 4) is 0 Å². The van der Waals surface area contributed by atoms with Crippen molar-refractivity contribution in [1.82, 2.24) is 14.6 Å².